The molecular weight excluding hydrogens is 434 g/mol. The van der Waals surface area contributed by atoms with Gasteiger partial charge in [0.25, 0.3) is 5.56 Å². The second-order valence-electron chi connectivity index (χ2n) is 8.57. The number of pyridine rings is 1. The largest absolute Gasteiger partial charge is 0.462 e. The van der Waals surface area contributed by atoms with Crippen molar-refractivity contribution in [3.8, 4) is 0 Å². The maximum atomic E-state index is 12.8. The van der Waals surface area contributed by atoms with Crippen LogP contribution in [0, 0.1) is 0 Å². The minimum Gasteiger partial charge on any atom is -0.462 e. The van der Waals surface area contributed by atoms with Crippen LogP contribution in [0.2, 0.25) is 0 Å². The highest BCUT2D eigenvalue weighted by Crippen LogP contribution is 2.24. The topological polar surface area (TPSA) is 89.7 Å². The summed E-state index contributed by atoms with van der Waals surface area (Å²) in [5.74, 6) is -0.0637. The Hall–Kier alpha value is -3.46. The van der Waals surface area contributed by atoms with Crippen molar-refractivity contribution in [3.63, 3.8) is 0 Å². The van der Waals surface area contributed by atoms with E-state index in [2.05, 4.69) is 34.1 Å². The Balaban J connectivity index is 1.56. The number of esters is 1. The predicted octanol–water partition coefficient (Wildman–Crippen LogP) is 1.56. The molecule has 1 aliphatic rings. The zero-order valence-corrected chi connectivity index (χ0v) is 20.0. The van der Waals surface area contributed by atoms with Crippen LogP contribution in [0.3, 0.4) is 0 Å². The molecule has 0 unspecified atom stereocenters. The summed E-state index contributed by atoms with van der Waals surface area (Å²) >= 11 is 0. The zero-order chi connectivity index (χ0) is 24.2. The summed E-state index contributed by atoms with van der Waals surface area (Å²) in [7, 11) is 2.99. The number of nitrogens with zero attached hydrogens (tertiary/aromatic N) is 5. The third-order valence-electron chi connectivity index (χ3n) is 6.36. The number of rotatable bonds is 7. The molecular formula is C25H31N5O4. The van der Waals surface area contributed by atoms with Crippen molar-refractivity contribution < 1.29 is 9.53 Å². The van der Waals surface area contributed by atoms with Crippen LogP contribution in [0.4, 0.5) is 5.82 Å². The molecule has 0 spiro atoms. The van der Waals surface area contributed by atoms with Gasteiger partial charge in [0.1, 0.15) is 11.4 Å². The van der Waals surface area contributed by atoms with Crippen LogP contribution in [0.5, 0.6) is 0 Å². The summed E-state index contributed by atoms with van der Waals surface area (Å²) in [6.45, 7) is 6.02. The molecule has 0 radical (unpaired) electrons. The summed E-state index contributed by atoms with van der Waals surface area (Å²) in [6, 6.07) is 12.0. The third kappa shape index (κ3) is 4.75. The average molecular weight is 466 g/mol. The SMILES string of the molecule is CCOC(=O)c1cc2c(=O)n(C)c(=O)n(C)c2nc1N1CCN(CCCc2ccccc2)CC1. The molecule has 34 heavy (non-hydrogen) atoms. The molecule has 0 N–H and O–H groups in total. The van der Waals surface area contributed by atoms with Crippen LogP contribution in [-0.4, -0.2) is 64.3 Å². The van der Waals surface area contributed by atoms with E-state index in [9.17, 15) is 14.4 Å². The normalized spacial score (nSPS) is 14.5. The number of aromatic nitrogens is 3. The number of carbonyl (C=O) groups is 1. The number of piperazine rings is 1. The molecule has 1 aliphatic heterocycles. The van der Waals surface area contributed by atoms with Gasteiger partial charge in [0, 0.05) is 40.3 Å². The highest BCUT2D eigenvalue weighted by molar-refractivity contribution is 5.98. The van der Waals surface area contributed by atoms with Crippen molar-refractivity contribution in [3.05, 3.63) is 68.4 Å². The second-order valence-corrected chi connectivity index (χ2v) is 8.57. The first-order valence-electron chi connectivity index (χ1n) is 11.7. The number of hydrogen-bond donors (Lipinski definition) is 0. The van der Waals surface area contributed by atoms with Crippen LogP contribution < -0.4 is 16.1 Å². The maximum absolute atomic E-state index is 12.8. The van der Waals surface area contributed by atoms with Gasteiger partial charge in [0.15, 0.2) is 5.65 Å². The molecule has 1 fully saturated rings. The van der Waals surface area contributed by atoms with E-state index >= 15 is 0 Å². The lowest BCUT2D eigenvalue weighted by atomic mass is 10.1. The van der Waals surface area contributed by atoms with E-state index in [-0.39, 0.29) is 23.2 Å². The lowest BCUT2D eigenvalue weighted by Crippen LogP contribution is -2.47. The van der Waals surface area contributed by atoms with Gasteiger partial charge in [-0.3, -0.25) is 18.8 Å². The molecule has 9 nitrogen and oxygen atoms in total. The van der Waals surface area contributed by atoms with Crippen molar-refractivity contribution >= 4 is 22.8 Å². The summed E-state index contributed by atoms with van der Waals surface area (Å²) in [4.78, 5) is 47.0. The van der Waals surface area contributed by atoms with E-state index in [1.807, 2.05) is 11.0 Å². The van der Waals surface area contributed by atoms with Crippen LogP contribution in [0.25, 0.3) is 11.0 Å². The molecule has 0 bridgehead atoms. The van der Waals surface area contributed by atoms with Gasteiger partial charge in [-0.2, -0.15) is 0 Å². The number of aryl methyl sites for hydroxylation is 2. The smallest absolute Gasteiger partial charge is 0.341 e. The lowest BCUT2D eigenvalue weighted by Gasteiger charge is -2.36. The van der Waals surface area contributed by atoms with Crippen molar-refractivity contribution in [1.82, 2.24) is 19.0 Å². The Kier molecular flexibility index (Phi) is 7.12. The highest BCUT2D eigenvalue weighted by Gasteiger charge is 2.26. The van der Waals surface area contributed by atoms with Gasteiger partial charge in [-0.25, -0.2) is 14.6 Å². The van der Waals surface area contributed by atoms with Crippen LogP contribution >= 0.6 is 0 Å². The Bertz CT molecular complexity index is 1290. The van der Waals surface area contributed by atoms with E-state index in [0.717, 1.165) is 37.0 Å². The third-order valence-corrected chi connectivity index (χ3v) is 6.36. The molecule has 0 aliphatic carbocycles. The Morgan fingerprint density at radius 2 is 1.74 bits per heavy atom. The van der Waals surface area contributed by atoms with Gasteiger partial charge >= 0.3 is 11.7 Å². The first kappa shape index (κ1) is 23.7. The highest BCUT2D eigenvalue weighted by atomic mass is 16.5. The van der Waals surface area contributed by atoms with Gasteiger partial charge in [-0.1, -0.05) is 30.3 Å². The zero-order valence-electron chi connectivity index (χ0n) is 20.0. The van der Waals surface area contributed by atoms with Gasteiger partial charge in [0.2, 0.25) is 0 Å². The number of hydrogen-bond acceptors (Lipinski definition) is 7. The molecule has 1 aromatic carbocycles. The standard InChI is InChI=1S/C25H31N5O4/c1-4-34-24(32)20-17-19-21(27(2)25(33)28(3)23(19)31)26-22(20)30-15-13-29(14-16-30)12-8-11-18-9-6-5-7-10-18/h5-7,9-10,17H,4,8,11-16H2,1-3H3. The quantitative estimate of drug-likeness (QED) is 0.489. The van der Waals surface area contributed by atoms with Gasteiger partial charge in [0.05, 0.1) is 12.0 Å². The molecule has 4 rings (SSSR count). The first-order valence-corrected chi connectivity index (χ1v) is 11.7. The molecule has 2 aromatic heterocycles. The molecule has 9 heteroatoms. The van der Waals surface area contributed by atoms with Crippen LogP contribution in [0.15, 0.2) is 46.0 Å². The fourth-order valence-electron chi connectivity index (χ4n) is 4.43. The van der Waals surface area contributed by atoms with Crippen molar-refractivity contribution in [2.45, 2.75) is 19.8 Å². The van der Waals surface area contributed by atoms with Crippen molar-refractivity contribution in [2.75, 3.05) is 44.2 Å². The molecule has 0 atom stereocenters. The minimum atomic E-state index is -0.520. The number of ether oxygens (including phenoxy) is 1. The molecule has 180 valence electrons. The van der Waals surface area contributed by atoms with Crippen molar-refractivity contribution in [1.29, 1.82) is 0 Å². The first-order chi connectivity index (χ1) is 16.4. The predicted molar refractivity (Wildman–Crippen MR) is 132 cm³/mol. The van der Waals surface area contributed by atoms with E-state index in [0.29, 0.717) is 18.9 Å². The summed E-state index contributed by atoms with van der Waals surface area (Å²) in [5.41, 5.74) is 0.926. The van der Waals surface area contributed by atoms with E-state index in [1.165, 1.54) is 23.2 Å². The number of carbonyl (C=O) groups excluding carboxylic acids is 1. The number of benzene rings is 1. The van der Waals surface area contributed by atoms with E-state index in [4.69, 9.17) is 4.74 Å². The Morgan fingerprint density at radius 3 is 2.41 bits per heavy atom. The van der Waals surface area contributed by atoms with Gasteiger partial charge in [-0.15, -0.1) is 0 Å². The monoisotopic (exact) mass is 465 g/mol. The number of anilines is 1. The molecule has 0 amide bonds. The average Bonchev–Trinajstić information content (AvgIpc) is 2.86. The van der Waals surface area contributed by atoms with Crippen LogP contribution in [-0.2, 0) is 25.3 Å². The molecule has 1 saturated heterocycles. The Labute approximate surface area is 198 Å². The lowest BCUT2D eigenvalue weighted by molar-refractivity contribution is 0.0526. The molecule has 0 saturated carbocycles. The maximum Gasteiger partial charge on any atom is 0.341 e. The van der Waals surface area contributed by atoms with Crippen molar-refractivity contribution in [2.24, 2.45) is 14.1 Å². The fourth-order valence-corrected chi connectivity index (χ4v) is 4.43. The molecule has 3 aromatic rings. The number of fused-ring (bicyclic) bond motifs is 1. The summed E-state index contributed by atoms with van der Waals surface area (Å²) in [5, 5.41) is 0.218. The Morgan fingerprint density at radius 1 is 1.03 bits per heavy atom. The summed E-state index contributed by atoms with van der Waals surface area (Å²) in [6.07, 6.45) is 2.13. The molecule has 3 heterocycles. The van der Waals surface area contributed by atoms with E-state index < -0.39 is 17.2 Å². The summed E-state index contributed by atoms with van der Waals surface area (Å²) < 4.78 is 7.62. The fraction of sp³-hybridized carbons (Fsp3) is 0.440. The van der Waals surface area contributed by atoms with E-state index in [1.54, 1.807) is 14.0 Å². The van der Waals surface area contributed by atoms with Gasteiger partial charge < -0.3 is 9.64 Å². The minimum absolute atomic E-state index is 0.218. The van der Waals surface area contributed by atoms with Crippen LogP contribution in [0.1, 0.15) is 29.3 Å². The second kappa shape index (κ2) is 10.2. The van der Waals surface area contributed by atoms with Gasteiger partial charge in [-0.05, 0) is 37.9 Å².